The van der Waals surface area contributed by atoms with E-state index in [4.69, 9.17) is 0 Å². The lowest BCUT2D eigenvalue weighted by molar-refractivity contribution is 0.582. The zero-order valence-corrected chi connectivity index (χ0v) is 11.2. The average Bonchev–Trinajstić information content (AvgIpc) is 2.64. The molecular formula is C9H9BrN4O2S. The van der Waals surface area contributed by atoms with Crippen molar-refractivity contribution in [3.8, 4) is 0 Å². The maximum absolute atomic E-state index is 12.0. The fourth-order valence-electron chi connectivity index (χ4n) is 1.28. The van der Waals surface area contributed by atoms with E-state index in [0.29, 0.717) is 4.60 Å². The number of halogens is 1. The van der Waals surface area contributed by atoms with Gasteiger partial charge in [-0.2, -0.15) is 13.5 Å². The summed E-state index contributed by atoms with van der Waals surface area (Å²) in [4.78, 5) is 3.99. The van der Waals surface area contributed by atoms with Gasteiger partial charge in [-0.15, -0.1) is 0 Å². The standard InChI is InChI=1S/C9H9BrN4O2S/c1-14-9(5-6-11-14)17(15,16)13-8-4-2-3-7(10)12-8/h2-6H,1H3,(H,12,13). The molecule has 0 fully saturated rings. The summed E-state index contributed by atoms with van der Waals surface area (Å²) in [5.74, 6) is 0.251. The molecule has 90 valence electrons. The molecule has 2 heterocycles. The molecular weight excluding hydrogens is 308 g/mol. The molecule has 1 N–H and O–H groups in total. The van der Waals surface area contributed by atoms with Crippen molar-refractivity contribution in [2.45, 2.75) is 5.03 Å². The van der Waals surface area contributed by atoms with E-state index >= 15 is 0 Å². The summed E-state index contributed by atoms with van der Waals surface area (Å²) < 4.78 is 28.1. The number of anilines is 1. The molecule has 2 aromatic heterocycles. The Morgan fingerprint density at radius 2 is 2.12 bits per heavy atom. The number of nitrogens with zero attached hydrogens (tertiary/aromatic N) is 3. The zero-order valence-electron chi connectivity index (χ0n) is 8.83. The van der Waals surface area contributed by atoms with Gasteiger partial charge in [0.25, 0.3) is 10.0 Å². The van der Waals surface area contributed by atoms with Gasteiger partial charge in [0.1, 0.15) is 10.4 Å². The second kappa shape index (κ2) is 4.46. The van der Waals surface area contributed by atoms with E-state index in [1.807, 2.05) is 0 Å². The van der Waals surface area contributed by atoms with Gasteiger partial charge < -0.3 is 0 Å². The third-order valence-electron chi connectivity index (χ3n) is 2.01. The highest BCUT2D eigenvalue weighted by Crippen LogP contribution is 2.15. The molecule has 0 saturated heterocycles. The van der Waals surface area contributed by atoms with Crippen LogP contribution in [0.3, 0.4) is 0 Å². The van der Waals surface area contributed by atoms with Gasteiger partial charge >= 0.3 is 0 Å². The monoisotopic (exact) mass is 316 g/mol. The molecule has 0 atom stereocenters. The largest absolute Gasteiger partial charge is 0.280 e. The Morgan fingerprint density at radius 3 is 2.71 bits per heavy atom. The van der Waals surface area contributed by atoms with Crippen LogP contribution in [0.1, 0.15) is 0 Å². The molecule has 0 amide bonds. The number of rotatable bonds is 3. The van der Waals surface area contributed by atoms with Crippen molar-refractivity contribution in [2.24, 2.45) is 7.05 Å². The number of pyridine rings is 1. The lowest BCUT2D eigenvalue weighted by atomic mass is 10.5. The Kier molecular flexibility index (Phi) is 3.16. The fourth-order valence-corrected chi connectivity index (χ4v) is 2.75. The first-order chi connectivity index (χ1) is 7.99. The van der Waals surface area contributed by atoms with Crippen molar-refractivity contribution in [3.63, 3.8) is 0 Å². The van der Waals surface area contributed by atoms with E-state index in [2.05, 4.69) is 30.7 Å². The number of hydrogen-bond donors (Lipinski definition) is 1. The van der Waals surface area contributed by atoms with Crippen LogP contribution in [0.15, 0.2) is 40.1 Å². The highest BCUT2D eigenvalue weighted by molar-refractivity contribution is 9.10. The smallest absolute Gasteiger partial charge is 0.262 e. The Labute approximate surface area is 107 Å². The first-order valence-corrected chi connectivity index (χ1v) is 6.90. The van der Waals surface area contributed by atoms with Crippen molar-refractivity contribution in [1.82, 2.24) is 14.8 Å². The van der Waals surface area contributed by atoms with Gasteiger partial charge in [0.05, 0.1) is 6.20 Å². The molecule has 2 aromatic rings. The predicted molar refractivity (Wildman–Crippen MR) is 66.0 cm³/mol. The summed E-state index contributed by atoms with van der Waals surface area (Å²) >= 11 is 3.17. The second-order valence-corrected chi connectivity index (χ2v) is 5.69. The van der Waals surface area contributed by atoms with Crippen LogP contribution in [0.5, 0.6) is 0 Å². The molecule has 0 aromatic carbocycles. The van der Waals surface area contributed by atoms with Crippen LogP contribution < -0.4 is 4.72 Å². The zero-order chi connectivity index (χ0) is 12.5. The highest BCUT2D eigenvalue weighted by Gasteiger charge is 2.18. The molecule has 0 aliphatic carbocycles. The SMILES string of the molecule is Cn1nccc1S(=O)(=O)Nc1cccc(Br)n1. The molecule has 0 aliphatic heterocycles. The first kappa shape index (κ1) is 12.1. The molecule has 0 saturated carbocycles. The number of aryl methyl sites for hydroxylation is 1. The van der Waals surface area contributed by atoms with Gasteiger partial charge in [-0.3, -0.25) is 9.40 Å². The van der Waals surface area contributed by atoms with E-state index in [-0.39, 0.29) is 10.8 Å². The lowest BCUT2D eigenvalue weighted by Crippen LogP contribution is -2.17. The first-order valence-electron chi connectivity index (χ1n) is 4.62. The van der Waals surface area contributed by atoms with Gasteiger partial charge in [-0.25, -0.2) is 4.98 Å². The van der Waals surface area contributed by atoms with Crippen molar-refractivity contribution in [2.75, 3.05) is 4.72 Å². The fraction of sp³-hybridized carbons (Fsp3) is 0.111. The summed E-state index contributed by atoms with van der Waals surface area (Å²) in [7, 11) is -2.09. The number of aromatic nitrogens is 3. The van der Waals surface area contributed by atoms with E-state index in [1.54, 1.807) is 25.2 Å². The highest BCUT2D eigenvalue weighted by atomic mass is 79.9. The van der Waals surface area contributed by atoms with Gasteiger partial charge in [-0.1, -0.05) is 6.07 Å². The van der Waals surface area contributed by atoms with Gasteiger partial charge in [0.15, 0.2) is 5.03 Å². The van der Waals surface area contributed by atoms with Crippen LogP contribution in [-0.2, 0) is 17.1 Å². The summed E-state index contributed by atoms with van der Waals surface area (Å²) in [6, 6.07) is 6.39. The quantitative estimate of drug-likeness (QED) is 0.868. The Bertz CT molecular complexity index is 638. The maximum atomic E-state index is 12.0. The van der Waals surface area contributed by atoms with Crippen LogP contribution in [0.25, 0.3) is 0 Å². The van der Waals surface area contributed by atoms with Gasteiger partial charge in [0.2, 0.25) is 0 Å². The van der Waals surface area contributed by atoms with Crippen molar-refractivity contribution < 1.29 is 8.42 Å². The average molecular weight is 317 g/mol. The minimum Gasteiger partial charge on any atom is -0.262 e. The lowest BCUT2D eigenvalue weighted by Gasteiger charge is -2.07. The molecule has 0 radical (unpaired) electrons. The maximum Gasteiger partial charge on any atom is 0.280 e. The Balaban J connectivity index is 2.33. The number of sulfonamides is 1. The molecule has 6 nitrogen and oxygen atoms in total. The topological polar surface area (TPSA) is 76.9 Å². The summed E-state index contributed by atoms with van der Waals surface area (Å²) in [6.45, 7) is 0. The normalized spacial score (nSPS) is 11.4. The van der Waals surface area contributed by atoms with E-state index in [9.17, 15) is 8.42 Å². The van der Waals surface area contributed by atoms with Crippen molar-refractivity contribution >= 4 is 31.8 Å². The molecule has 0 spiro atoms. The molecule has 0 aliphatic rings. The minimum absolute atomic E-state index is 0.0827. The number of nitrogens with one attached hydrogen (secondary N) is 1. The van der Waals surface area contributed by atoms with Crippen LogP contribution >= 0.6 is 15.9 Å². The third kappa shape index (κ3) is 2.64. The van der Waals surface area contributed by atoms with Crippen LogP contribution in [0.2, 0.25) is 0 Å². The summed E-state index contributed by atoms with van der Waals surface area (Å²) in [5, 5.41) is 3.89. The summed E-state index contributed by atoms with van der Waals surface area (Å²) in [5.41, 5.74) is 0. The van der Waals surface area contributed by atoms with Crippen molar-refractivity contribution in [3.05, 3.63) is 35.1 Å². The van der Waals surface area contributed by atoms with Gasteiger partial charge in [0, 0.05) is 7.05 Å². The molecule has 2 rings (SSSR count). The van der Waals surface area contributed by atoms with Gasteiger partial charge in [-0.05, 0) is 34.1 Å². The van der Waals surface area contributed by atoms with Crippen LogP contribution in [0.4, 0.5) is 5.82 Å². The van der Waals surface area contributed by atoms with E-state index in [1.165, 1.54) is 16.9 Å². The molecule has 17 heavy (non-hydrogen) atoms. The van der Waals surface area contributed by atoms with Crippen LogP contribution in [0, 0.1) is 0 Å². The minimum atomic E-state index is -3.65. The Morgan fingerprint density at radius 1 is 1.35 bits per heavy atom. The Hall–Kier alpha value is -1.41. The summed E-state index contributed by atoms with van der Waals surface area (Å²) in [6.07, 6.45) is 1.42. The molecule has 0 bridgehead atoms. The number of hydrogen-bond acceptors (Lipinski definition) is 4. The predicted octanol–water partition coefficient (Wildman–Crippen LogP) is 1.38. The molecule has 8 heteroatoms. The van der Waals surface area contributed by atoms with Crippen molar-refractivity contribution in [1.29, 1.82) is 0 Å². The van der Waals surface area contributed by atoms with E-state index < -0.39 is 10.0 Å². The van der Waals surface area contributed by atoms with E-state index in [0.717, 1.165) is 0 Å². The molecule has 0 unspecified atom stereocenters. The third-order valence-corrected chi connectivity index (χ3v) is 3.88. The van der Waals surface area contributed by atoms with Crippen LogP contribution in [-0.4, -0.2) is 23.2 Å². The second-order valence-electron chi connectivity index (χ2n) is 3.24.